The minimum Gasteiger partial charge on any atom is -0.412 e. The SMILES string of the molecule is CC.CCC.O.[B].[CH3-].[Y]. The van der Waals surface area contributed by atoms with E-state index in [2.05, 4.69) is 13.8 Å². The van der Waals surface area contributed by atoms with Crippen LogP contribution in [0.5, 0.6) is 0 Å². The number of rotatable bonds is 0. The molecule has 0 aliphatic rings. The summed E-state index contributed by atoms with van der Waals surface area (Å²) in [6.45, 7) is 8.25. The molecule has 2 N–H and O–H groups in total. The molecular weight excluding hydrogens is 188 g/mol. The normalized spacial score (nSPS) is 2.67. The van der Waals surface area contributed by atoms with E-state index >= 15 is 0 Å². The van der Waals surface area contributed by atoms with E-state index in [0.717, 1.165) is 0 Å². The third kappa shape index (κ3) is 364. The molecule has 56 valence electrons. The van der Waals surface area contributed by atoms with Gasteiger partial charge < -0.3 is 12.9 Å². The molecule has 0 heterocycles. The molecule has 0 rings (SSSR count). The van der Waals surface area contributed by atoms with Gasteiger partial charge in [0.15, 0.2) is 0 Å². The van der Waals surface area contributed by atoms with E-state index in [0.29, 0.717) is 0 Å². The first-order valence-electron chi connectivity index (χ1n) is 2.41. The van der Waals surface area contributed by atoms with Gasteiger partial charge in [0.1, 0.15) is 0 Å². The van der Waals surface area contributed by atoms with Crippen molar-refractivity contribution in [3.05, 3.63) is 7.43 Å². The van der Waals surface area contributed by atoms with Crippen LogP contribution >= 0.6 is 0 Å². The summed E-state index contributed by atoms with van der Waals surface area (Å²) in [5, 5.41) is 0. The summed E-state index contributed by atoms with van der Waals surface area (Å²) in [5.74, 6) is 0. The van der Waals surface area contributed by atoms with Gasteiger partial charge in [0.05, 0.1) is 0 Å². The van der Waals surface area contributed by atoms with E-state index in [1.165, 1.54) is 6.42 Å². The van der Waals surface area contributed by atoms with Gasteiger partial charge in [-0.15, -0.1) is 0 Å². The van der Waals surface area contributed by atoms with Gasteiger partial charge in [-0.3, -0.25) is 0 Å². The van der Waals surface area contributed by atoms with Crippen molar-refractivity contribution < 1.29 is 38.2 Å². The third-order valence-electron chi connectivity index (χ3n) is 0. The molecule has 0 aliphatic carbocycles. The van der Waals surface area contributed by atoms with Crippen molar-refractivity contribution in [2.24, 2.45) is 0 Å². The monoisotopic (exact) mass is 207 g/mol. The average molecular weight is 207 g/mol. The average Bonchev–Trinajstić information content (AvgIpc) is 1.46. The smallest absolute Gasteiger partial charge is 0 e. The fourth-order valence-corrected chi connectivity index (χ4v) is 0. The van der Waals surface area contributed by atoms with Crippen LogP contribution in [-0.4, -0.2) is 13.9 Å². The fraction of sp³-hybridized carbons (Fsp3) is 0.833. The van der Waals surface area contributed by atoms with Crippen LogP contribution in [-0.2, 0) is 32.7 Å². The molecule has 0 bridgehead atoms. The predicted molar refractivity (Wildman–Crippen MR) is 43.1 cm³/mol. The molecule has 0 aromatic heterocycles. The summed E-state index contributed by atoms with van der Waals surface area (Å²) >= 11 is 0. The Hall–Kier alpha value is 1.13. The molecule has 0 fully saturated rings. The molecule has 0 amide bonds. The van der Waals surface area contributed by atoms with E-state index < -0.39 is 0 Å². The second kappa shape index (κ2) is 133. The third-order valence-corrected chi connectivity index (χ3v) is 0. The van der Waals surface area contributed by atoms with Gasteiger partial charge in [-0.05, 0) is 0 Å². The molecule has 0 unspecified atom stereocenters. The molecule has 4 radical (unpaired) electrons. The Labute approximate surface area is 87.8 Å². The Morgan fingerprint density at radius 3 is 1.00 bits per heavy atom. The van der Waals surface area contributed by atoms with Crippen molar-refractivity contribution in [1.29, 1.82) is 0 Å². The summed E-state index contributed by atoms with van der Waals surface area (Å²) in [4.78, 5) is 0. The van der Waals surface area contributed by atoms with Gasteiger partial charge in [0.2, 0.25) is 0 Å². The first-order valence-corrected chi connectivity index (χ1v) is 2.41. The zero-order chi connectivity index (χ0) is 4.71. The number of hydrogen-bond acceptors (Lipinski definition) is 0. The van der Waals surface area contributed by atoms with Crippen LogP contribution in [0.2, 0.25) is 0 Å². The van der Waals surface area contributed by atoms with Crippen LogP contribution in [0.4, 0.5) is 0 Å². The van der Waals surface area contributed by atoms with E-state index in [1.54, 1.807) is 0 Å². The first-order chi connectivity index (χ1) is 2.41. The van der Waals surface area contributed by atoms with Gasteiger partial charge >= 0.3 is 0 Å². The Morgan fingerprint density at radius 2 is 1.00 bits per heavy atom. The second-order valence-corrected chi connectivity index (χ2v) is 0.707. The van der Waals surface area contributed by atoms with Crippen molar-refractivity contribution in [1.82, 2.24) is 0 Å². The van der Waals surface area contributed by atoms with Crippen molar-refractivity contribution in [3.63, 3.8) is 0 Å². The molecule has 0 saturated heterocycles. The minimum absolute atomic E-state index is 0. The second-order valence-electron chi connectivity index (χ2n) is 0.707. The van der Waals surface area contributed by atoms with Crippen molar-refractivity contribution in [3.8, 4) is 0 Å². The Balaban J connectivity index is -0.00000000357. The van der Waals surface area contributed by atoms with E-state index in [-0.39, 0.29) is 54.0 Å². The van der Waals surface area contributed by atoms with Crippen LogP contribution < -0.4 is 0 Å². The summed E-state index contributed by atoms with van der Waals surface area (Å²) in [7, 11) is 0. The Kier molecular flexibility index (Phi) is 732. The molecule has 0 saturated carbocycles. The zero-order valence-electron chi connectivity index (χ0n) is 7.36. The predicted octanol–water partition coefficient (Wildman–Crippen LogP) is 1.68. The van der Waals surface area contributed by atoms with Crippen LogP contribution in [0.1, 0.15) is 34.1 Å². The first kappa shape index (κ1) is 49.5. The quantitative estimate of drug-likeness (QED) is 0.427. The van der Waals surface area contributed by atoms with Crippen LogP contribution in [0, 0.1) is 7.43 Å². The van der Waals surface area contributed by atoms with Crippen LogP contribution in [0.25, 0.3) is 0 Å². The fourth-order valence-electron chi connectivity index (χ4n) is 0. The summed E-state index contributed by atoms with van der Waals surface area (Å²) in [6.07, 6.45) is 1.25. The molecule has 0 aliphatic heterocycles. The summed E-state index contributed by atoms with van der Waals surface area (Å²) in [5.41, 5.74) is 0. The van der Waals surface area contributed by atoms with Crippen LogP contribution in [0.3, 0.4) is 0 Å². The Bertz CT molecular complexity index is 13.0. The maximum Gasteiger partial charge on any atom is 0 e. The van der Waals surface area contributed by atoms with Gasteiger partial charge in [0.25, 0.3) is 0 Å². The molecule has 3 heteroatoms. The summed E-state index contributed by atoms with van der Waals surface area (Å²) in [6, 6.07) is 0. The van der Waals surface area contributed by atoms with Crippen molar-refractivity contribution >= 4 is 8.41 Å². The molecule has 0 aromatic rings. The molecule has 0 atom stereocenters. The molecular formula is C6H19BOY-. The maximum atomic E-state index is 2.12. The van der Waals surface area contributed by atoms with Gasteiger partial charge in [0, 0.05) is 41.1 Å². The van der Waals surface area contributed by atoms with Gasteiger partial charge in [-0.1, -0.05) is 34.1 Å². The molecule has 0 spiro atoms. The molecule has 9 heavy (non-hydrogen) atoms. The van der Waals surface area contributed by atoms with Crippen LogP contribution in [0.15, 0.2) is 0 Å². The van der Waals surface area contributed by atoms with E-state index in [9.17, 15) is 0 Å². The van der Waals surface area contributed by atoms with E-state index in [1.807, 2.05) is 13.8 Å². The Morgan fingerprint density at radius 1 is 1.00 bits per heavy atom. The largest absolute Gasteiger partial charge is 0.412 e. The molecule has 1 nitrogen and oxygen atoms in total. The van der Waals surface area contributed by atoms with E-state index in [4.69, 9.17) is 0 Å². The van der Waals surface area contributed by atoms with Gasteiger partial charge in [-0.2, -0.15) is 0 Å². The standard InChI is InChI=1S/C3H8.C2H6.CH3.B.H2O.Y/c1-3-2;1-2;;;;/h3H2,1-2H3;1-2H3;1H3;;1H2;/q;;-1;;;. The zero-order valence-corrected chi connectivity index (χ0v) is 10.2. The number of hydrogen-bond donors (Lipinski definition) is 0. The van der Waals surface area contributed by atoms with Crippen molar-refractivity contribution in [2.75, 3.05) is 0 Å². The molecule has 0 aromatic carbocycles. The summed E-state index contributed by atoms with van der Waals surface area (Å²) < 4.78 is 0. The minimum atomic E-state index is 0. The van der Waals surface area contributed by atoms with Crippen molar-refractivity contribution in [2.45, 2.75) is 34.1 Å². The maximum absolute atomic E-state index is 2.12. The van der Waals surface area contributed by atoms with Gasteiger partial charge in [-0.25, -0.2) is 0 Å². The topological polar surface area (TPSA) is 31.5 Å².